The van der Waals surface area contributed by atoms with Crippen LogP contribution >= 0.6 is 11.8 Å². The fraction of sp³-hybridized carbons (Fsp3) is 0.263. The monoisotopic (exact) mass is 610 g/mol. The summed E-state index contributed by atoms with van der Waals surface area (Å²) < 4.78 is 1.83. The summed E-state index contributed by atoms with van der Waals surface area (Å²) in [6, 6.07) is 27.3. The molecule has 4 aromatic rings. The molecule has 0 spiro atoms. The maximum absolute atomic E-state index is 5.03. The van der Waals surface area contributed by atoms with Gasteiger partial charge in [0.2, 0.25) is 5.16 Å². The molecule has 2 aliphatic heterocycles. The number of para-hydroxylation sites is 3. The van der Waals surface area contributed by atoms with Gasteiger partial charge < -0.3 is 4.90 Å². The molecule has 226 valence electrons. The number of aromatic nitrogens is 4. The van der Waals surface area contributed by atoms with Crippen molar-refractivity contribution in [3.8, 4) is 5.69 Å². The molecule has 0 amide bonds. The van der Waals surface area contributed by atoms with E-state index in [1.807, 2.05) is 35.0 Å². The van der Waals surface area contributed by atoms with Crippen molar-refractivity contribution in [2.24, 2.45) is 4.99 Å². The average molecular weight is 611 g/mol. The van der Waals surface area contributed by atoms with Gasteiger partial charge in [-0.05, 0) is 100 Å². The lowest BCUT2D eigenvalue weighted by Gasteiger charge is -2.25. The van der Waals surface area contributed by atoms with E-state index in [-0.39, 0.29) is 10.8 Å². The molecule has 3 heterocycles. The maximum atomic E-state index is 5.03. The molecule has 0 bridgehead atoms. The zero-order valence-electron chi connectivity index (χ0n) is 26.5. The summed E-state index contributed by atoms with van der Waals surface area (Å²) in [5.41, 5.74) is 10.6. The van der Waals surface area contributed by atoms with E-state index in [2.05, 4.69) is 128 Å². The van der Waals surface area contributed by atoms with Gasteiger partial charge in [-0.2, -0.15) is 4.68 Å². The third-order valence-electron chi connectivity index (χ3n) is 9.39. The van der Waals surface area contributed by atoms with Crippen molar-refractivity contribution in [3.63, 3.8) is 0 Å². The van der Waals surface area contributed by atoms with Crippen molar-refractivity contribution >= 4 is 28.8 Å². The second kappa shape index (κ2) is 11.5. The SMILES string of the molecule is CN1/C(=C/C=C2\CCCC(/C=C/C3=Nc4ccccc4C3(C)C)=C2Sc2nnnn2-c2ccccc2)C(C)(C)c2ccccc21. The lowest BCUT2D eigenvalue weighted by atomic mass is 9.81. The molecule has 7 rings (SSSR count). The first-order chi connectivity index (χ1) is 21.7. The summed E-state index contributed by atoms with van der Waals surface area (Å²) in [5, 5.41) is 13.6. The van der Waals surface area contributed by atoms with E-state index in [1.165, 1.54) is 38.6 Å². The molecule has 0 radical (unpaired) electrons. The van der Waals surface area contributed by atoms with E-state index in [4.69, 9.17) is 4.99 Å². The Bertz CT molecular complexity index is 1920. The zero-order valence-corrected chi connectivity index (χ0v) is 27.3. The normalized spacial score (nSPS) is 20.3. The van der Waals surface area contributed by atoms with Crippen molar-refractivity contribution in [2.45, 2.75) is 62.9 Å². The number of hydrogen-bond acceptors (Lipinski definition) is 6. The number of anilines is 1. The van der Waals surface area contributed by atoms with Gasteiger partial charge in [-0.1, -0.05) is 94.4 Å². The van der Waals surface area contributed by atoms with Gasteiger partial charge in [-0.3, -0.25) is 4.99 Å². The molecule has 0 N–H and O–H groups in total. The van der Waals surface area contributed by atoms with Crippen LogP contribution in [0.2, 0.25) is 0 Å². The Balaban J connectivity index is 1.30. The molecule has 0 saturated heterocycles. The lowest BCUT2D eigenvalue weighted by Crippen LogP contribution is -2.23. The number of fused-ring (bicyclic) bond motifs is 2. The third kappa shape index (κ3) is 5.19. The largest absolute Gasteiger partial charge is 0.347 e. The van der Waals surface area contributed by atoms with Crippen LogP contribution in [0.1, 0.15) is 58.1 Å². The topological polar surface area (TPSA) is 59.2 Å². The van der Waals surface area contributed by atoms with Gasteiger partial charge in [-0.15, -0.1) is 5.10 Å². The number of thioether (sulfide) groups is 1. The van der Waals surface area contributed by atoms with E-state index in [0.717, 1.165) is 41.5 Å². The highest BCUT2D eigenvalue weighted by molar-refractivity contribution is 8.03. The summed E-state index contributed by atoms with van der Waals surface area (Å²) >= 11 is 1.65. The quantitative estimate of drug-likeness (QED) is 0.218. The van der Waals surface area contributed by atoms with E-state index in [0.29, 0.717) is 0 Å². The summed E-state index contributed by atoms with van der Waals surface area (Å²) in [4.78, 5) is 8.58. The Labute approximate surface area is 270 Å². The van der Waals surface area contributed by atoms with Crippen LogP contribution in [0.3, 0.4) is 0 Å². The van der Waals surface area contributed by atoms with Crippen molar-refractivity contribution < 1.29 is 0 Å². The van der Waals surface area contributed by atoms with Crippen LogP contribution in [0, 0.1) is 0 Å². The highest BCUT2D eigenvalue weighted by atomic mass is 32.2. The van der Waals surface area contributed by atoms with E-state index < -0.39 is 0 Å². The minimum atomic E-state index is -0.149. The summed E-state index contributed by atoms with van der Waals surface area (Å²) in [6.07, 6.45) is 12.2. The smallest absolute Gasteiger partial charge is 0.218 e. The number of tetrazole rings is 1. The van der Waals surface area contributed by atoms with Gasteiger partial charge in [0.25, 0.3) is 0 Å². The first kappa shape index (κ1) is 29.2. The summed E-state index contributed by atoms with van der Waals surface area (Å²) in [6.45, 7) is 9.15. The fourth-order valence-electron chi connectivity index (χ4n) is 6.83. The number of benzene rings is 3. The third-order valence-corrected chi connectivity index (χ3v) is 10.6. The highest BCUT2D eigenvalue weighted by Gasteiger charge is 2.38. The Morgan fingerprint density at radius 3 is 2.29 bits per heavy atom. The molecular formula is C38H38N6S. The number of nitrogens with zero attached hydrogens (tertiary/aromatic N) is 6. The predicted molar refractivity (Wildman–Crippen MR) is 186 cm³/mol. The molecule has 0 unspecified atom stereocenters. The van der Waals surface area contributed by atoms with Crippen LogP contribution in [-0.2, 0) is 10.8 Å². The Hall–Kier alpha value is -4.49. The molecule has 45 heavy (non-hydrogen) atoms. The molecule has 1 aromatic heterocycles. The van der Waals surface area contributed by atoms with Crippen molar-refractivity contribution in [1.82, 2.24) is 20.2 Å². The molecule has 3 aliphatic rings. The second-order valence-electron chi connectivity index (χ2n) is 12.9. The van der Waals surface area contributed by atoms with Gasteiger partial charge in [-0.25, -0.2) is 0 Å². The van der Waals surface area contributed by atoms with Crippen molar-refractivity contribution in [3.05, 3.63) is 136 Å². The first-order valence-corrected chi connectivity index (χ1v) is 16.4. The average Bonchev–Trinajstić information content (AvgIpc) is 3.67. The minimum Gasteiger partial charge on any atom is -0.347 e. The van der Waals surface area contributed by atoms with Crippen LogP contribution in [0.5, 0.6) is 0 Å². The number of hydrogen-bond donors (Lipinski definition) is 0. The highest BCUT2D eigenvalue weighted by Crippen LogP contribution is 2.48. The van der Waals surface area contributed by atoms with Crippen LogP contribution < -0.4 is 4.90 Å². The summed E-state index contributed by atoms with van der Waals surface area (Å²) in [7, 11) is 2.18. The van der Waals surface area contributed by atoms with Gasteiger partial charge >= 0.3 is 0 Å². The molecule has 6 nitrogen and oxygen atoms in total. The maximum Gasteiger partial charge on any atom is 0.218 e. The molecule has 7 heteroatoms. The number of rotatable bonds is 6. The second-order valence-corrected chi connectivity index (χ2v) is 13.9. The zero-order chi connectivity index (χ0) is 31.2. The van der Waals surface area contributed by atoms with Gasteiger partial charge in [0.05, 0.1) is 17.1 Å². The first-order valence-electron chi connectivity index (χ1n) is 15.6. The van der Waals surface area contributed by atoms with E-state index in [1.54, 1.807) is 11.8 Å². The molecule has 0 fully saturated rings. The van der Waals surface area contributed by atoms with Crippen LogP contribution in [0.4, 0.5) is 11.4 Å². The van der Waals surface area contributed by atoms with Crippen LogP contribution in [0.25, 0.3) is 5.69 Å². The van der Waals surface area contributed by atoms with Gasteiger partial charge in [0, 0.05) is 34.2 Å². The lowest BCUT2D eigenvalue weighted by molar-refractivity contribution is 0.640. The Morgan fingerprint density at radius 2 is 1.51 bits per heavy atom. The predicted octanol–water partition coefficient (Wildman–Crippen LogP) is 9.05. The summed E-state index contributed by atoms with van der Waals surface area (Å²) in [5.74, 6) is 0. The Morgan fingerprint density at radius 1 is 0.778 bits per heavy atom. The Kier molecular flexibility index (Phi) is 7.44. The molecule has 3 aromatic carbocycles. The fourth-order valence-corrected chi connectivity index (χ4v) is 7.92. The van der Waals surface area contributed by atoms with E-state index >= 15 is 0 Å². The molecular weight excluding hydrogens is 573 g/mol. The number of likely N-dealkylation sites (N-methyl/N-ethyl adjacent to an activating group) is 1. The van der Waals surface area contributed by atoms with Crippen molar-refractivity contribution in [1.29, 1.82) is 0 Å². The molecule has 0 saturated carbocycles. The number of aliphatic imine (C=N–C) groups is 1. The van der Waals surface area contributed by atoms with E-state index in [9.17, 15) is 0 Å². The molecule has 1 aliphatic carbocycles. The van der Waals surface area contributed by atoms with Gasteiger partial charge in [0.15, 0.2) is 0 Å². The van der Waals surface area contributed by atoms with Gasteiger partial charge in [0.1, 0.15) is 0 Å². The standard InChI is InChI=1S/C38H38N6S/c1-37(2)29-18-9-11-20-31(29)39-33(37)24-22-26-14-13-15-27(23-25-34-38(3,4)30-19-10-12-21-32(30)43(34)5)35(26)45-36-40-41-42-44(36)28-16-7-6-8-17-28/h6-12,16-25H,13-15H2,1-5H3/b24-22+,27-23+,34-25+. The van der Waals surface area contributed by atoms with Crippen molar-refractivity contribution in [2.75, 3.05) is 11.9 Å². The minimum absolute atomic E-state index is 0.0879. The van der Waals surface area contributed by atoms with Crippen LogP contribution in [-0.4, -0.2) is 33.0 Å². The molecule has 0 atom stereocenters. The number of allylic oxidation sites excluding steroid dienone is 7. The van der Waals surface area contributed by atoms with Crippen LogP contribution in [0.15, 0.2) is 135 Å².